The molecule has 0 amide bonds. The van der Waals surface area contributed by atoms with E-state index in [1.165, 1.54) is 0 Å². The van der Waals surface area contributed by atoms with E-state index in [4.69, 9.17) is 5.73 Å². The summed E-state index contributed by atoms with van der Waals surface area (Å²) in [7, 11) is 0. The van der Waals surface area contributed by atoms with Gasteiger partial charge < -0.3 is 5.73 Å². The summed E-state index contributed by atoms with van der Waals surface area (Å²) in [5, 5.41) is 0. The molecule has 72 valence electrons. The molecule has 0 aliphatic heterocycles. The van der Waals surface area contributed by atoms with E-state index >= 15 is 0 Å². The molecule has 0 aromatic heterocycles. The van der Waals surface area contributed by atoms with Gasteiger partial charge in [0.2, 0.25) is 0 Å². The first-order valence-corrected chi connectivity index (χ1v) is 4.63. The normalized spacial score (nSPS) is 8.54. The molecule has 0 fully saturated rings. The predicted molar refractivity (Wildman–Crippen MR) is 60.8 cm³/mol. The van der Waals surface area contributed by atoms with E-state index in [0.717, 1.165) is 17.7 Å². The molecule has 0 saturated heterocycles. The minimum Gasteiger partial charge on any atom is -0.397 e. The molecule has 0 spiro atoms. The van der Waals surface area contributed by atoms with Crippen molar-refractivity contribution in [1.82, 2.24) is 0 Å². The van der Waals surface area contributed by atoms with Gasteiger partial charge in [-0.05, 0) is 24.8 Å². The van der Waals surface area contributed by atoms with Crippen LogP contribution in [0.1, 0.15) is 26.3 Å². The number of aliphatic imine (C=N–C) groups is 1. The SMILES string of the molecule is C=Nc1c(N)cccc1CC.CC. The highest BCUT2D eigenvalue weighted by Crippen LogP contribution is 2.26. The molecule has 2 nitrogen and oxygen atoms in total. The number of nitrogens with zero attached hydrogens (tertiary/aromatic N) is 1. The summed E-state index contributed by atoms with van der Waals surface area (Å²) in [6.45, 7) is 9.54. The smallest absolute Gasteiger partial charge is 0.0883 e. The summed E-state index contributed by atoms with van der Waals surface area (Å²) in [6, 6.07) is 5.78. The maximum atomic E-state index is 5.67. The van der Waals surface area contributed by atoms with E-state index in [9.17, 15) is 0 Å². The quantitative estimate of drug-likeness (QED) is 0.548. The Morgan fingerprint density at radius 2 is 2.00 bits per heavy atom. The van der Waals surface area contributed by atoms with Gasteiger partial charge in [-0.1, -0.05) is 32.9 Å². The Morgan fingerprint density at radius 3 is 2.38 bits per heavy atom. The summed E-state index contributed by atoms with van der Waals surface area (Å²) in [6.07, 6.45) is 0.944. The first-order valence-electron chi connectivity index (χ1n) is 4.63. The molecule has 2 heteroatoms. The van der Waals surface area contributed by atoms with Gasteiger partial charge in [0.05, 0.1) is 11.4 Å². The summed E-state index contributed by atoms with van der Waals surface area (Å²) in [5.74, 6) is 0. The van der Waals surface area contributed by atoms with E-state index in [2.05, 4.69) is 18.6 Å². The summed E-state index contributed by atoms with van der Waals surface area (Å²) >= 11 is 0. The molecule has 0 bridgehead atoms. The van der Waals surface area contributed by atoms with Gasteiger partial charge in [0, 0.05) is 0 Å². The molecule has 0 aliphatic rings. The monoisotopic (exact) mass is 178 g/mol. The summed E-state index contributed by atoms with van der Waals surface area (Å²) in [4.78, 5) is 3.87. The van der Waals surface area contributed by atoms with Gasteiger partial charge in [0.1, 0.15) is 0 Å². The third-order valence-corrected chi connectivity index (χ3v) is 1.69. The first kappa shape index (κ1) is 11.7. The Kier molecular flexibility index (Phi) is 5.60. The Balaban J connectivity index is 0.000000671. The van der Waals surface area contributed by atoms with E-state index < -0.39 is 0 Å². The molecular formula is C11H18N2. The zero-order valence-corrected chi connectivity index (χ0v) is 8.67. The van der Waals surface area contributed by atoms with Gasteiger partial charge in [-0.3, -0.25) is 4.99 Å². The Bertz CT molecular complexity index is 267. The molecule has 0 unspecified atom stereocenters. The van der Waals surface area contributed by atoms with Crippen LogP contribution in [0.3, 0.4) is 0 Å². The van der Waals surface area contributed by atoms with Crippen molar-refractivity contribution in [3.05, 3.63) is 23.8 Å². The molecule has 0 atom stereocenters. The second-order valence-electron chi connectivity index (χ2n) is 2.37. The van der Waals surface area contributed by atoms with Gasteiger partial charge in [0.25, 0.3) is 0 Å². The Hall–Kier alpha value is -1.31. The fraction of sp³-hybridized carbons (Fsp3) is 0.364. The number of nitrogens with two attached hydrogens (primary N) is 1. The largest absolute Gasteiger partial charge is 0.397 e. The number of benzene rings is 1. The van der Waals surface area contributed by atoms with Gasteiger partial charge >= 0.3 is 0 Å². The van der Waals surface area contributed by atoms with Crippen molar-refractivity contribution in [2.75, 3.05) is 5.73 Å². The molecule has 0 radical (unpaired) electrons. The second kappa shape index (κ2) is 6.23. The molecule has 2 N–H and O–H groups in total. The average Bonchev–Trinajstić information content (AvgIpc) is 2.20. The van der Waals surface area contributed by atoms with Crippen LogP contribution in [0, 0.1) is 0 Å². The second-order valence-corrected chi connectivity index (χ2v) is 2.37. The number of hydrogen-bond acceptors (Lipinski definition) is 2. The van der Waals surface area contributed by atoms with Gasteiger partial charge in [0.15, 0.2) is 0 Å². The van der Waals surface area contributed by atoms with E-state index in [1.54, 1.807) is 0 Å². The minimum atomic E-state index is 0.708. The van der Waals surface area contributed by atoms with E-state index in [0.29, 0.717) is 5.69 Å². The van der Waals surface area contributed by atoms with Crippen molar-refractivity contribution in [2.45, 2.75) is 27.2 Å². The third kappa shape index (κ3) is 2.90. The number of aryl methyl sites for hydroxylation is 1. The minimum absolute atomic E-state index is 0.708. The molecule has 0 aliphatic carbocycles. The maximum Gasteiger partial charge on any atom is 0.0883 e. The predicted octanol–water partition coefficient (Wildman–Crippen LogP) is 3.19. The molecule has 0 saturated carbocycles. The van der Waals surface area contributed by atoms with Crippen molar-refractivity contribution in [2.24, 2.45) is 4.99 Å². The first-order chi connectivity index (χ1) is 6.29. The van der Waals surface area contributed by atoms with Crippen LogP contribution in [0.25, 0.3) is 0 Å². The molecule has 1 rings (SSSR count). The van der Waals surface area contributed by atoms with Gasteiger partial charge in [-0.25, -0.2) is 0 Å². The van der Waals surface area contributed by atoms with Gasteiger partial charge in [-0.15, -0.1) is 0 Å². The van der Waals surface area contributed by atoms with Crippen LogP contribution < -0.4 is 5.73 Å². The fourth-order valence-corrected chi connectivity index (χ4v) is 1.09. The molecule has 13 heavy (non-hydrogen) atoms. The fourth-order valence-electron chi connectivity index (χ4n) is 1.09. The zero-order chi connectivity index (χ0) is 10.3. The van der Waals surface area contributed by atoms with Crippen molar-refractivity contribution in [3.8, 4) is 0 Å². The molecule has 0 heterocycles. The highest BCUT2D eigenvalue weighted by molar-refractivity contribution is 5.68. The lowest BCUT2D eigenvalue weighted by Crippen LogP contribution is -1.88. The van der Waals surface area contributed by atoms with Crippen LogP contribution in [0.15, 0.2) is 23.2 Å². The molecular weight excluding hydrogens is 160 g/mol. The third-order valence-electron chi connectivity index (χ3n) is 1.69. The average molecular weight is 178 g/mol. The van der Waals surface area contributed by atoms with Crippen molar-refractivity contribution in [3.63, 3.8) is 0 Å². The molecule has 1 aromatic carbocycles. The van der Waals surface area contributed by atoms with Crippen LogP contribution in [0.5, 0.6) is 0 Å². The lowest BCUT2D eigenvalue weighted by atomic mass is 10.1. The number of anilines is 1. The maximum absolute atomic E-state index is 5.67. The van der Waals surface area contributed by atoms with Crippen molar-refractivity contribution < 1.29 is 0 Å². The number of nitrogen functional groups attached to an aromatic ring is 1. The van der Waals surface area contributed by atoms with Crippen molar-refractivity contribution in [1.29, 1.82) is 0 Å². The van der Waals surface area contributed by atoms with E-state index in [-0.39, 0.29) is 0 Å². The van der Waals surface area contributed by atoms with Crippen LogP contribution in [-0.2, 0) is 6.42 Å². The van der Waals surface area contributed by atoms with Crippen LogP contribution in [0.2, 0.25) is 0 Å². The molecule has 1 aromatic rings. The lowest BCUT2D eigenvalue weighted by Gasteiger charge is -2.04. The Morgan fingerprint density at radius 1 is 1.38 bits per heavy atom. The van der Waals surface area contributed by atoms with Gasteiger partial charge in [-0.2, -0.15) is 0 Å². The zero-order valence-electron chi connectivity index (χ0n) is 8.67. The Labute approximate surface area is 80.5 Å². The summed E-state index contributed by atoms with van der Waals surface area (Å²) < 4.78 is 0. The van der Waals surface area contributed by atoms with Crippen LogP contribution in [-0.4, -0.2) is 6.72 Å². The standard InChI is InChI=1S/C9H12N2.C2H6/c1-3-7-5-4-6-8(10)9(7)11-2;1-2/h4-6H,2-3,10H2,1H3;1-2H3. The lowest BCUT2D eigenvalue weighted by molar-refractivity contribution is 1.14. The highest BCUT2D eigenvalue weighted by Gasteiger charge is 2.00. The van der Waals surface area contributed by atoms with E-state index in [1.807, 2.05) is 32.0 Å². The van der Waals surface area contributed by atoms with Crippen LogP contribution >= 0.6 is 0 Å². The topological polar surface area (TPSA) is 38.4 Å². The highest BCUT2D eigenvalue weighted by atomic mass is 14.8. The number of para-hydroxylation sites is 1. The number of rotatable bonds is 2. The van der Waals surface area contributed by atoms with Crippen LogP contribution in [0.4, 0.5) is 11.4 Å². The summed E-state index contributed by atoms with van der Waals surface area (Å²) in [5.41, 5.74) is 8.36. The number of hydrogen-bond donors (Lipinski definition) is 1. The van der Waals surface area contributed by atoms with Crippen molar-refractivity contribution >= 4 is 18.1 Å².